The fraction of sp³-hybridized carbons (Fsp3) is 0.583. The second-order valence-electron chi connectivity index (χ2n) is 4.81. The number of hydrogen-bond donors (Lipinski definition) is 1. The summed E-state index contributed by atoms with van der Waals surface area (Å²) in [4.78, 5) is 3.95. The largest absolute Gasteiger partial charge is 0.315 e. The highest BCUT2D eigenvalue weighted by atomic mass is 32.2. The summed E-state index contributed by atoms with van der Waals surface area (Å²) in [5.41, 5.74) is 1.20. The standard InChI is InChI=1S/C12H20N2O2S/c1-12(2,17(3,15)16)10-14-9-6-11-4-7-13-8-5-11/h4-5,7-8,14H,6,9-10H2,1-3H3. The first-order valence-electron chi connectivity index (χ1n) is 5.62. The Labute approximate surface area is 103 Å². The molecule has 5 heteroatoms. The van der Waals surface area contributed by atoms with Crippen LogP contribution >= 0.6 is 0 Å². The predicted molar refractivity (Wildman–Crippen MR) is 69.7 cm³/mol. The lowest BCUT2D eigenvalue weighted by atomic mass is 10.2. The minimum atomic E-state index is -3.02. The van der Waals surface area contributed by atoms with Crippen LogP contribution in [-0.4, -0.2) is 37.5 Å². The first kappa shape index (κ1) is 14.1. The molecule has 17 heavy (non-hydrogen) atoms. The molecule has 0 spiro atoms. The van der Waals surface area contributed by atoms with Crippen LogP contribution in [0.4, 0.5) is 0 Å². The smallest absolute Gasteiger partial charge is 0.153 e. The lowest BCUT2D eigenvalue weighted by Gasteiger charge is -2.22. The summed E-state index contributed by atoms with van der Waals surface area (Å²) >= 11 is 0. The molecular weight excluding hydrogens is 236 g/mol. The van der Waals surface area contributed by atoms with Crippen molar-refractivity contribution in [2.24, 2.45) is 0 Å². The summed E-state index contributed by atoms with van der Waals surface area (Å²) < 4.78 is 22.2. The lowest BCUT2D eigenvalue weighted by molar-refractivity contribution is 0.523. The van der Waals surface area contributed by atoms with Gasteiger partial charge in [-0.3, -0.25) is 4.98 Å². The first-order valence-corrected chi connectivity index (χ1v) is 7.51. The highest BCUT2D eigenvalue weighted by molar-refractivity contribution is 7.92. The molecule has 0 aliphatic heterocycles. The summed E-state index contributed by atoms with van der Waals surface area (Å²) in [6.07, 6.45) is 5.67. The van der Waals surface area contributed by atoms with E-state index in [-0.39, 0.29) is 0 Å². The van der Waals surface area contributed by atoms with E-state index in [9.17, 15) is 8.42 Å². The quantitative estimate of drug-likeness (QED) is 0.773. The second kappa shape index (κ2) is 5.60. The van der Waals surface area contributed by atoms with E-state index < -0.39 is 14.6 Å². The number of sulfone groups is 1. The van der Waals surface area contributed by atoms with Crippen molar-refractivity contribution in [3.8, 4) is 0 Å². The molecule has 0 aromatic carbocycles. The Hall–Kier alpha value is -0.940. The third kappa shape index (κ3) is 4.44. The van der Waals surface area contributed by atoms with Crippen LogP contribution < -0.4 is 5.32 Å². The first-order chi connectivity index (χ1) is 7.83. The van der Waals surface area contributed by atoms with Gasteiger partial charge in [0, 0.05) is 25.2 Å². The van der Waals surface area contributed by atoms with Crippen LogP contribution in [0.5, 0.6) is 0 Å². The molecule has 96 valence electrons. The van der Waals surface area contributed by atoms with Gasteiger partial charge < -0.3 is 5.32 Å². The van der Waals surface area contributed by atoms with Gasteiger partial charge in [-0.2, -0.15) is 0 Å². The molecule has 1 N–H and O–H groups in total. The summed E-state index contributed by atoms with van der Waals surface area (Å²) in [7, 11) is -3.02. The Balaban J connectivity index is 2.35. The van der Waals surface area contributed by atoms with Gasteiger partial charge in [-0.05, 0) is 44.5 Å². The molecule has 0 radical (unpaired) electrons. The van der Waals surface area contributed by atoms with Crippen LogP contribution in [0.15, 0.2) is 24.5 Å². The van der Waals surface area contributed by atoms with Gasteiger partial charge in [0.15, 0.2) is 9.84 Å². The fourth-order valence-electron chi connectivity index (χ4n) is 1.30. The average molecular weight is 256 g/mol. The number of nitrogens with one attached hydrogen (secondary N) is 1. The van der Waals surface area contributed by atoms with Crippen LogP contribution in [0.2, 0.25) is 0 Å². The fourth-order valence-corrected chi connectivity index (χ4v) is 1.67. The van der Waals surface area contributed by atoms with Crippen molar-refractivity contribution in [2.75, 3.05) is 19.3 Å². The molecule has 0 amide bonds. The van der Waals surface area contributed by atoms with E-state index in [4.69, 9.17) is 0 Å². The molecule has 0 unspecified atom stereocenters. The van der Waals surface area contributed by atoms with Crippen LogP contribution in [0.25, 0.3) is 0 Å². The molecule has 0 fully saturated rings. The second-order valence-corrected chi connectivity index (χ2v) is 7.46. The molecule has 1 heterocycles. The van der Waals surface area contributed by atoms with Crippen LogP contribution in [0.1, 0.15) is 19.4 Å². The SMILES string of the molecule is CC(C)(CNCCc1ccncc1)S(C)(=O)=O. The van der Waals surface area contributed by atoms with Crippen molar-refractivity contribution in [1.29, 1.82) is 0 Å². The number of hydrogen-bond acceptors (Lipinski definition) is 4. The minimum absolute atomic E-state index is 0.469. The lowest BCUT2D eigenvalue weighted by Crippen LogP contribution is -2.42. The number of aromatic nitrogens is 1. The van der Waals surface area contributed by atoms with Crippen molar-refractivity contribution in [3.05, 3.63) is 30.1 Å². The van der Waals surface area contributed by atoms with Crippen molar-refractivity contribution < 1.29 is 8.42 Å². The van der Waals surface area contributed by atoms with Gasteiger partial charge in [-0.1, -0.05) is 0 Å². The molecule has 1 rings (SSSR count). The van der Waals surface area contributed by atoms with Gasteiger partial charge in [0.25, 0.3) is 0 Å². The van der Waals surface area contributed by atoms with Gasteiger partial charge in [-0.25, -0.2) is 8.42 Å². The zero-order chi connectivity index (χ0) is 12.9. The maximum atomic E-state index is 11.5. The predicted octanol–water partition coefficient (Wildman–Crippen LogP) is 1.04. The third-order valence-corrected chi connectivity index (χ3v) is 5.05. The molecular formula is C12H20N2O2S. The highest BCUT2D eigenvalue weighted by Gasteiger charge is 2.29. The summed E-state index contributed by atoms with van der Waals surface area (Å²) in [5.74, 6) is 0. The third-order valence-electron chi connectivity index (χ3n) is 2.89. The molecule has 0 bridgehead atoms. The monoisotopic (exact) mass is 256 g/mol. The summed E-state index contributed by atoms with van der Waals surface area (Å²) in [6, 6.07) is 3.92. The van der Waals surface area contributed by atoms with Gasteiger partial charge in [0.2, 0.25) is 0 Å². The maximum Gasteiger partial charge on any atom is 0.153 e. The van der Waals surface area contributed by atoms with Crippen LogP contribution in [0, 0.1) is 0 Å². The Bertz CT molecular complexity index is 441. The number of nitrogens with zero attached hydrogens (tertiary/aromatic N) is 1. The van der Waals surface area contributed by atoms with E-state index in [1.54, 1.807) is 26.2 Å². The Morgan fingerprint density at radius 1 is 1.29 bits per heavy atom. The normalized spacial score (nSPS) is 12.6. The number of rotatable bonds is 6. The molecule has 4 nitrogen and oxygen atoms in total. The van der Waals surface area contributed by atoms with E-state index in [2.05, 4.69) is 10.3 Å². The maximum absolute atomic E-state index is 11.5. The van der Waals surface area contributed by atoms with E-state index in [1.807, 2.05) is 12.1 Å². The van der Waals surface area contributed by atoms with Crippen LogP contribution in [0.3, 0.4) is 0 Å². The Kier molecular flexibility index (Phi) is 4.65. The van der Waals surface area contributed by atoms with Gasteiger partial charge in [0.05, 0.1) is 4.75 Å². The molecule has 1 aromatic heterocycles. The van der Waals surface area contributed by atoms with Crippen LogP contribution in [-0.2, 0) is 16.3 Å². The minimum Gasteiger partial charge on any atom is -0.315 e. The topological polar surface area (TPSA) is 59.1 Å². The highest BCUT2D eigenvalue weighted by Crippen LogP contribution is 2.13. The Morgan fingerprint density at radius 2 is 1.88 bits per heavy atom. The number of pyridine rings is 1. The van der Waals surface area contributed by atoms with E-state index >= 15 is 0 Å². The van der Waals surface area contributed by atoms with Crippen molar-refractivity contribution in [3.63, 3.8) is 0 Å². The van der Waals surface area contributed by atoms with E-state index in [0.717, 1.165) is 13.0 Å². The zero-order valence-corrected chi connectivity index (χ0v) is 11.4. The average Bonchev–Trinajstić information content (AvgIpc) is 2.24. The molecule has 0 saturated carbocycles. The summed E-state index contributed by atoms with van der Waals surface area (Å²) in [5, 5.41) is 3.18. The van der Waals surface area contributed by atoms with Crippen molar-refractivity contribution >= 4 is 9.84 Å². The molecule has 1 aromatic rings. The van der Waals surface area contributed by atoms with Gasteiger partial charge in [0.1, 0.15) is 0 Å². The molecule has 0 aliphatic rings. The van der Waals surface area contributed by atoms with Crippen molar-refractivity contribution in [1.82, 2.24) is 10.3 Å². The molecule has 0 aliphatic carbocycles. The molecule has 0 atom stereocenters. The summed E-state index contributed by atoms with van der Waals surface area (Å²) in [6.45, 7) is 4.71. The van der Waals surface area contributed by atoms with Gasteiger partial charge in [-0.15, -0.1) is 0 Å². The molecule has 0 saturated heterocycles. The zero-order valence-electron chi connectivity index (χ0n) is 10.6. The van der Waals surface area contributed by atoms with E-state index in [0.29, 0.717) is 6.54 Å². The van der Waals surface area contributed by atoms with Gasteiger partial charge >= 0.3 is 0 Å². The van der Waals surface area contributed by atoms with E-state index in [1.165, 1.54) is 11.8 Å². The van der Waals surface area contributed by atoms with Crippen molar-refractivity contribution in [2.45, 2.75) is 25.0 Å². The Morgan fingerprint density at radius 3 is 2.41 bits per heavy atom.